The van der Waals surface area contributed by atoms with Crippen molar-refractivity contribution in [3.8, 4) is 0 Å². The van der Waals surface area contributed by atoms with Crippen LogP contribution in [0, 0.1) is 5.92 Å². The van der Waals surface area contributed by atoms with Gasteiger partial charge in [0.1, 0.15) is 6.54 Å². The number of rotatable bonds is 5. The van der Waals surface area contributed by atoms with E-state index in [4.69, 9.17) is 5.73 Å². The van der Waals surface area contributed by atoms with E-state index in [2.05, 4.69) is 15.6 Å². The van der Waals surface area contributed by atoms with Gasteiger partial charge < -0.3 is 21.3 Å². The molecule has 2 aromatic rings. The number of piperidine rings is 1. The van der Waals surface area contributed by atoms with Crippen molar-refractivity contribution in [3.63, 3.8) is 0 Å². The molecule has 1 aliphatic heterocycles. The highest BCUT2D eigenvalue weighted by Gasteiger charge is 2.34. The van der Waals surface area contributed by atoms with Crippen LogP contribution in [0.4, 0.5) is 24.5 Å². The van der Waals surface area contributed by atoms with E-state index in [9.17, 15) is 27.6 Å². The van der Waals surface area contributed by atoms with Crippen LogP contribution in [0.15, 0.2) is 42.7 Å². The lowest BCUT2D eigenvalue weighted by atomic mass is 9.89. The number of nitrogens with zero attached hydrogens (tertiary/aromatic N) is 2. The molecule has 11 heteroatoms. The molecule has 2 atom stereocenters. The van der Waals surface area contributed by atoms with Gasteiger partial charge in [-0.3, -0.25) is 19.4 Å². The third kappa shape index (κ3) is 6.43. The molecule has 0 spiro atoms. The van der Waals surface area contributed by atoms with E-state index in [1.807, 2.05) is 6.92 Å². The summed E-state index contributed by atoms with van der Waals surface area (Å²) in [7, 11) is 0. The number of hydrogen-bond donors (Lipinski definition) is 3. The van der Waals surface area contributed by atoms with E-state index in [1.165, 1.54) is 35.5 Å². The summed E-state index contributed by atoms with van der Waals surface area (Å²) in [6, 6.07) is 7.26. The Labute approximate surface area is 188 Å². The number of benzene rings is 1. The van der Waals surface area contributed by atoms with Gasteiger partial charge in [0, 0.05) is 18.4 Å². The summed E-state index contributed by atoms with van der Waals surface area (Å²) in [6.45, 7) is 1.17. The van der Waals surface area contributed by atoms with Gasteiger partial charge in [-0.2, -0.15) is 13.2 Å². The highest BCUT2D eigenvalue weighted by atomic mass is 19.4. The minimum atomic E-state index is -4.33. The maximum Gasteiger partial charge on any atom is 0.405 e. The Hall–Kier alpha value is -3.63. The fourth-order valence-electron chi connectivity index (χ4n) is 3.71. The quantitative estimate of drug-likeness (QED) is 0.589. The fourth-order valence-corrected chi connectivity index (χ4v) is 3.71. The first-order chi connectivity index (χ1) is 15.5. The summed E-state index contributed by atoms with van der Waals surface area (Å²) in [5, 5.41) is 4.75. The number of nitrogens with two attached hydrogens (primary N) is 1. The van der Waals surface area contributed by atoms with E-state index in [0.29, 0.717) is 18.7 Å². The number of primary amides is 1. The second-order valence-corrected chi connectivity index (χ2v) is 8.03. The van der Waals surface area contributed by atoms with Crippen LogP contribution in [-0.4, -0.2) is 46.9 Å². The number of carbonyl (C=O) groups is 3. The van der Waals surface area contributed by atoms with Crippen molar-refractivity contribution in [1.29, 1.82) is 0 Å². The number of halogens is 3. The predicted molar refractivity (Wildman–Crippen MR) is 115 cm³/mol. The van der Waals surface area contributed by atoms with Crippen LogP contribution in [-0.2, 0) is 9.59 Å². The lowest BCUT2D eigenvalue weighted by Gasteiger charge is -2.38. The molecule has 0 unspecified atom stereocenters. The Balaban J connectivity index is 1.73. The number of anilines is 2. The van der Waals surface area contributed by atoms with Crippen molar-refractivity contribution < 1.29 is 27.6 Å². The maximum absolute atomic E-state index is 13.0. The van der Waals surface area contributed by atoms with Gasteiger partial charge in [0.25, 0.3) is 0 Å². The molecule has 3 rings (SSSR count). The third-order valence-electron chi connectivity index (χ3n) is 5.34. The average Bonchev–Trinajstić information content (AvgIpc) is 2.77. The molecule has 2 heterocycles. The molecule has 0 aliphatic carbocycles. The molecular formula is C22H24F3N5O3. The Morgan fingerprint density at radius 3 is 2.45 bits per heavy atom. The second kappa shape index (κ2) is 9.88. The van der Waals surface area contributed by atoms with Crippen molar-refractivity contribution in [2.75, 3.05) is 23.7 Å². The number of aromatic nitrogens is 1. The molecule has 3 amide bonds. The lowest BCUT2D eigenvalue weighted by molar-refractivity contribution is -0.146. The van der Waals surface area contributed by atoms with Crippen molar-refractivity contribution in [1.82, 2.24) is 9.88 Å². The molecule has 0 radical (unpaired) electrons. The molecule has 1 fully saturated rings. The zero-order valence-electron chi connectivity index (χ0n) is 17.9. The molecule has 176 valence electrons. The van der Waals surface area contributed by atoms with E-state index in [-0.39, 0.29) is 17.2 Å². The zero-order valence-corrected chi connectivity index (χ0v) is 17.9. The van der Waals surface area contributed by atoms with Crippen LogP contribution in [0.2, 0.25) is 0 Å². The number of likely N-dealkylation sites (tertiary alicyclic amines) is 1. The lowest BCUT2D eigenvalue weighted by Crippen LogP contribution is -2.46. The van der Waals surface area contributed by atoms with Gasteiger partial charge in [0.2, 0.25) is 5.91 Å². The summed E-state index contributed by atoms with van der Waals surface area (Å²) in [5.41, 5.74) is 6.48. The maximum atomic E-state index is 13.0. The smallest absolute Gasteiger partial charge is 0.376 e. The molecule has 33 heavy (non-hydrogen) atoms. The minimum absolute atomic E-state index is 0.0870. The first-order valence-electron chi connectivity index (χ1n) is 10.3. The Morgan fingerprint density at radius 1 is 1.12 bits per heavy atom. The summed E-state index contributed by atoms with van der Waals surface area (Å²) < 4.78 is 37.2. The minimum Gasteiger partial charge on any atom is -0.376 e. The van der Waals surface area contributed by atoms with Crippen LogP contribution in [0.1, 0.15) is 41.7 Å². The standard InChI is InChI=1S/C22H24F3N5O3/c1-13-2-7-18(14-3-5-16(6-4-14)28-12-22(23,24)25)30(11-13)21(33)20(32)29-17-8-15(19(26)31)9-27-10-17/h3-6,8-10,13,18,28H,2,7,11-12H2,1H3,(H2,26,31)(H,29,32)/t13-,18+/m0/s1. The van der Waals surface area contributed by atoms with Gasteiger partial charge in [-0.25, -0.2) is 0 Å². The van der Waals surface area contributed by atoms with Gasteiger partial charge >= 0.3 is 18.0 Å². The van der Waals surface area contributed by atoms with E-state index in [0.717, 1.165) is 12.0 Å². The van der Waals surface area contributed by atoms with Crippen LogP contribution in [0.3, 0.4) is 0 Å². The molecule has 1 aromatic carbocycles. The van der Waals surface area contributed by atoms with Gasteiger partial charge in [0.15, 0.2) is 0 Å². The van der Waals surface area contributed by atoms with E-state index >= 15 is 0 Å². The van der Waals surface area contributed by atoms with Gasteiger partial charge in [-0.1, -0.05) is 19.1 Å². The second-order valence-electron chi connectivity index (χ2n) is 8.03. The number of nitrogens with one attached hydrogen (secondary N) is 2. The number of alkyl halides is 3. The topological polar surface area (TPSA) is 117 Å². The average molecular weight is 463 g/mol. The van der Waals surface area contributed by atoms with Crippen LogP contribution in [0.25, 0.3) is 0 Å². The first kappa shape index (κ1) is 24.0. The molecule has 0 bridgehead atoms. The van der Waals surface area contributed by atoms with Gasteiger partial charge in [-0.15, -0.1) is 0 Å². The molecular weight excluding hydrogens is 439 g/mol. The number of carbonyl (C=O) groups excluding carboxylic acids is 3. The van der Waals surface area contributed by atoms with Crippen molar-refractivity contribution in [3.05, 3.63) is 53.9 Å². The molecule has 1 aromatic heterocycles. The Kier molecular flexibility index (Phi) is 7.19. The third-order valence-corrected chi connectivity index (χ3v) is 5.34. The Bertz CT molecular complexity index is 1030. The normalized spacial score (nSPS) is 18.5. The fraction of sp³-hybridized carbons (Fsp3) is 0.364. The predicted octanol–water partition coefficient (Wildman–Crippen LogP) is 3.09. The van der Waals surface area contributed by atoms with Crippen molar-refractivity contribution in [2.24, 2.45) is 11.7 Å². The monoisotopic (exact) mass is 463 g/mol. The molecule has 8 nitrogen and oxygen atoms in total. The van der Waals surface area contributed by atoms with E-state index < -0.39 is 36.5 Å². The first-order valence-corrected chi connectivity index (χ1v) is 10.3. The number of hydrogen-bond acceptors (Lipinski definition) is 5. The number of pyridine rings is 1. The largest absolute Gasteiger partial charge is 0.405 e. The molecule has 0 saturated carbocycles. The number of amides is 3. The highest BCUT2D eigenvalue weighted by molar-refractivity contribution is 6.39. The molecule has 4 N–H and O–H groups in total. The van der Waals surface area contributed by atoms with Crippen molar-refractivity contribution in [2.45, 2.75) is 32.0 Å². The summed E-state index contributed by atoms with van der Waals surface area (Å²) in [6.07, 6.45) is -0.361. The summed E-state index contributed by atoms with van der Waals surface area (Å²) in [5.74, 6) is -2.19. The van der Waals surface area contributed by atoms with Crippen molar-refractivity contribution >= 4 is 29.1 Å². The summed E-state index contributed by atoms with van der Waals surface area (Å²) in [4.78, 5) is 42.2. The summed E-state index contributed by atoms with van der Waals surface area (Å²) >= 11 is 0. The van der Waals surface area contributed by atoms with Gasteiger partial charge in [-0.05, 0) is 42.5 Å². The highest BCUT2D eigenvalue weighted by Crippen LogP contribution is 2.34. The van der Waals surface area contributed by atoms with Gasteiger partial charge in [0.05, 0.1) is 23.5 Å². The van der Waals surface area contributed by atoms with E-state index in [1.54, 1.807) is 12.1 Å². The van der Waals surface area contributed by atoms with Crippen LogP contribution >= 0.6 is 0 Å². The zero-order chi connectivity index (χ0) is 24.2. The SMILES string of the molecule is C[C@H]1CC[C@H](c2ccc(NCC(F)(F)F)cc2)N(C(=O)C(=O)Nc2cncc(C(N)=O)c2)C1. The molecule has 1 saturated heterocycles. The molecule has 1 aliphatic rings. The van der Waals surface area contributed by atoms with Crippen LogP contribution < -0.4 is 16.4 Å². The Morgan fingerprint density at radius 2 is 1.82 bits per heavy atom. The van der Waals surface area contributed by atoms with Crippen LogP contribution in [0.5, 0.6) is 0 Å².